The van der Waals surface area contributed by atoms with Gasteiger partial charge in [-0.25, -0.2) is 0 Å². The molecule has 0 aliphatic rings. The van der Waals surface area contributed by atoms with E-state index in [4.69, 9.17) is 4.74 Å². The van der Waals surface area contributed by atoms with Crippen LogP contribution in [0.25, 0.3) is 0 Å². The third kappa shape index (κ3) is 4.90. The van der Waals surface area contributed by atoms with E-state index >= 15 is 0 Å². The molecule has 1 unspecified atom stereocenters. The Morgan fingerprint density at radius 1 is 1.29 bits per heavy atom. The van der Waals surface area contributed by atoms with Gasteiger partial charge in [0.1, 0.15) is 0 Å². The van der Waals surface area contributed by atoms with E-state index in [1.54, 1.807) is 7.11 Å². The molecule has 0 bridgehead atoms. The minimum Gasteiger partial charge on any atom is -0.380 e. The van der Waals surface area contributed by atoms with Crippen molar-refractivity contribution in [2.45, 2.75) is 45.4 Å². The van der Waals surface area contributed by atoms with Gasteiger partial charge in [-0.1, -0.05) is 30.3 Å². The van der Waals surface area contributed by atoms with Gasteiger partial charge in [0.25, 0.3) is 0 Å². The lowest BCUT2D eigenvalue weighted by Crippen LogP contribution is -2.31. The summed E-state index contributed by atoms with van der Waals surface area (Å²) in [5.41, 5.74) is 2.18. The summed E-state index contributed by atoms with van der Waals surface area (Å²) in [6.07, 6.45) is 4.86. The highest BCUT2D eigenvalue weighted by molar-refractivity contribution is 5.39. The molecule has 0 saturated heterocycles. The zero-order valence-corrected chi connectivity index (χ0v) is 13.3. The molecule has 2 rings (SSSR count). The summed E-state index contributed by atoms with van der Waals surface area (Å²) in [4.78, 5) is 0. The lowest BCUT2D eigenvalue weighted by atomic mass is 10.00. The second-order valence-corrected chi connectivity index (χ2v) is 6.13. The minimum absolute atomic E-state index is 0.119. The molecular weight excluding hydrogens is 262 g/mol. The molecule has 114 valence electrons. The van der Waals surface area contributed by atoms with E-state index in [-0.39, 0.29) is 5.60 Å². The van der Waals surface area contributed by atoms with Gasteiger partial charge in [-0.2, -0.15) is 5.10 Å². The van der Waals surface area contributed by atoms with E-state index in [0.29, 0.717) is 6.04 Å². The van der Waals surface area contributed by atoms with E-state index in [1.807, 2.05) is 35.3 Å². The van der Waals surface area contributed by atoms with Gasteiger partial charge in [-0.15, -0.1) is 0 Å². The lowest BCUT2D eigenvalue weighted by molar-refractivity contribution is 0.0128. The van der Waals surface area contributed by atoms with Gasteiger partial charge in [0.2, 0.25) is 0 Å². The number of rotatable bonds is 7. The smallest absolute Gasteiger partial charge is 0.0728 e. The number of hydrogen-bond donors (Lipinski definition) is 1. The summed E-state index contributed by atoms with van der Waals surface area (Å²) >= 11 is 0. The second kappa shape index (κ2) is 6.76. The highest BCUT2D eigenvalue weighted by Gasteiger charge is 2.20. The van der Waals surface area contributed by atoms with Crippen LogP contribution in [0.3, 0.4) is 0 Å². The Kier molecular flexibility index (Phi) is 5.02. The van der Waals surface area contributed by atoms with Gasteiger partial charge in [0, 0.05) is 19.3 Å². The molecule has 21 heavy (non-hydrogen) atoms. The Hall–Kier alpha value is -1.81. The average Bonchev–Trinajstić information content (AvgIpc) is 2.86. The third-order valence-corrected chi connectivity index (χ3v) is 3.58. The Morgan fingerprint density at radius 2 is 2.00 bits per heavy atom. The van der Waals surface area contributed by atoms with Crippen molar-refractivity contribution in [1.82, 2.24) is 9.78 Å². The summed E-state index contributed by atoms with van der Waals surface area (Å²) in [5, 5.41) is 7.88. The Labute approximate surface area is 127 Å². The van der Waals surface area contributed by atoms with Crippen LogP contribution in [0.4, 0.5) is 5.69 Å². The van der Waals surface area contributed by atoms with Gasteiger partial charge >= 0.3 is 0 Å². The van der Waals surface area contributed by atoms with Crippen molar-refractivity contribution in [3.8, 4) is 0 Å². The first kappa shape index (κ1) is 15.6. The highest BCUT2D eigenvalue weighted by atomic mass is 16.5. The van der Waals surface area contributed by atoms with Crippen LogP contribution in [0.5, 0.6) is 0 Å². The largest absolute Gasteiger partial charge is 0.380 e. The van der Waals surface area contributed by atoms with Gasteiger partial charge in [0.15, 0.2) is 0 Å². The predicted octanol–water partition coefficient (Wildman–Crippen LogP) is 3.55. The zero-order chi connectivity index (χ0) is 15.3. The number of anilines is 1. The van der Waals surface area contributed by atoms with E-state index in [9.17, 15) is 0 Å². The summed E-state index contributed by atoms with van der Waals surface area (Å²) in [7, 11) is 1.75. The maximum absolute atomic E-state index is 5.47. The van der Waals surface area contributed by atoms with Crippen LogP contribution in [0.1, 0.15) is 32.8 Å². The van der Waals surface area contributed by atoms with Gasteiger partial charge in [-0.05, 0) is 32.8 Å². The molecule has 0 aliphatic heterocycles. The van der Waals surface area contributed by atoms with E-state index < -0.39 is 0 Å². The molecule has 0 saturated carbocycles. The van der Waals surface area contributed by atoms with Gasteiger partial charge < -0.3 is 10.1 Å². The summed E-state index contributed by atoms with van der Waals surface area (Å²) in [5.74, 6) is 0. The third-order valence-electron chi connectivity index (χ3n) is 3.58. The van der Waals surface area contributed by atoms with Crippen molar-refractivity contribution in [3.63, 3.8) is 0 Å². The molecule has 1 N–H and O–H groups in total. The summed E-state index contributed by atoms with van der Waals surface area (Å²) < 4.78 is 7.42. The summed E-state index contributed by atoms with van der Waals surface area (Å²) in [6, 6.07) is 10.7. The van der Waals surface area contributed by atoms with E-state index in [0.717, 1.165) is 18.7 Å². The van der Waals surface area contributed by atoms with Crippen LogP contribution >= 0.6 is 0 Å². The molecule has 1 heterocycles. The molecule has 0 aliphatic carbocycles. The number of hydrogen-bond acceptors (Lipinski definition) is 3. The van der Waals surface area contributed by atoms with Crippen molar-refractivity contribution in [3.05, 3.63) is 48.3 Å². The van der Waals surface area contributed by atoms with Crippen LogP contribution in [0.2, 0.25) is 0 Å². The van der Waals surface area contributed by atoms with E-state index in [1.165, 1.54) is 5.56 Å². The fourth-order valence-electron chi connectivity index (χ4n) is 2.45. The van der Waals surface area contributed by atoms with Crippen LogP contribution in [-0.2, 0) is 11.3 Å². The van der Waals surface area contributed by atoms with Crippen LogP contribution in [-0.4, -0.2) is 28.5 Å². The fourth-order valence-corrected chi connectivity index (χ4v) is 2.45. The molecule has 4 heteroatoms. The molecule has 0 spiro atoms. The average molecular weight is 287 g/mol. The minimum atomic E-state index is -0.119. The molecule has 1 atom stereocenters. The fraction of sp³-hybridized carbons (Fsp3) is 0.471. The topological polar surface area (TPSA) is 39.1 Å². The Balaban J connectivity index is 1.91. The first-order valence-electron chi connectivity index (χ1n) is 7.36. The molecular formula is C17H25N3O. The molecule has 2 aromatic rings. The second-order valence-electron chi connectivity index (χ2n) is 6.13. The predicted molar refractivity (Wildman–Crippen MR) is 86.6 cm³/mol. The van der Waals surface area contributed by atoms with E-state index in [2.05, 4.69) is 43.3 Å². The number of aromatic nitrogens is 2. The maximum Gasteiger partial charge on any atom is 0.0728 e. The summed E-state index contributed by atoms with van der Waals surface area (Å²) in [6.45, 7) is 7.16. The van der Waals surface area contributed by atoms with Crippen molar-refractivity contribution >= 4 is 5.69 Å². The van der Waals surface area contributed by atoms with Gasteiger partial charge in [0.05, 0.1) is 24.0 Å². The standard InChI is InChI=1S/C17H25N3O/c1-14(10-17(2,3)21-4)19-16-11-18-20(13-16)12-15-8-6-5-7-9-15/h5-9,11,13-14,19H,10,12H2,1-4H3. The quantitative estimate of drug-likeness (QED) is 0.846. The molecule has 1 aromatic heterocycles. The monoisotopic (exact) mass is 287 g/mol. The number of methoxy groups -OCH3 is 1. The zero-order valence-electron chi connectivity index (χ0n) is 13.3. The number of nitrogens with zero attached hydrogens (tertiary/aromatic N) is 2. The van der Waals surface area contributed by atoms with Crippen molar-refractivity contribution in [2.75, 3.05) is 12.4 Å². The van der Waals surface area contributed by atoms with Crippen molar-refractivity contribution in [1.29, 1.82) is 0 Å². The first-order valence-corrected chi connectivity index (χ1v) is 7.36. The Bertz CT molecular complexity index is 548. The molecule has 4 nitrogen and oxygen atoms in total. The Morgan fingerprint density at radius 3 is 2.67 bits per heavy atom. The molecule has 0 fully saturated rings. The number of ether oxygens (including phenoxy) is 1. The SMILES string of the molecule is COC(C)(C)CC(C)Nc1cnn(Cc2ccccc2)c1. The number of benzene rings is 1. The van der Waals surface area contributed by atoms with Gasteiger partial charge in [-0.3, -0.25) is 4.68 Å². The number of nitrogens with one attached hydrogen (secondary N) is 1. The van der Waals surface area contributed by atoms with Crippen LogP contribution < -0.4 is 5.32 Å². The van der Waals surface area contributed by atoms with Crippen molar-refractivity contribution < 1.29 is 4.74 Å². The first-order chi connectivity index (χ1) is 9.98. The van der Waals surface area contributed by atoms with Crippen LogP contribution in [0, 0.1) is 0 Å². The van der Waals surface area contributed by atoms with Crippen LogP contribution in [0.15, 0.2) is 42.7 Å². The molecule has 0 amide bonds. The highest BCUT2D eigenvalue weighted by Crippen LogP contribution is 2.18. The maximum atomic E-state index is 5.47. The van der Waals surface area contributed by atoms with Crippen molar-refractivity contribution in [2.24, 2.45) is 0 Å². The lowest BCUT2D eigenvalue weighted by Gasteiger charge is -2.27. The molecule has 1 aromatic carbocycles. The normalized spacial score (nSPS) is 13.1. The molecule has 0 radical (unpaired) electrons.